The molecule has 5 aromatic carbocycles. The molecule has 0 bridgehead atoms. The molecular formula is C32H23BBr2IO2+. The highest BCUT2D eigenvalue weighted by atomic mass is 127. The van der Waals surface area contributed by atoms with E-state index in [1.54, 1.807) is 6.07 Å². The second kappa shape index (κ2) is 14.0. The monoisotopic (exact) mass is 735 g/mol. The first kappa shape index (κ1) is 28.4. The topological polar surface area (TPSA) is 40.5 Å². The van der Waals surface area contributed by atoms with Crippen LogP contribution < -0.4 is 5.46 Å². The van der Waals surface area contributed by atoms with Crippen LogP contribution in [0.25, 0.3) is 32.7 Å². The van der Waals surface area contributed by atoms with E-state index in [0.29, 0.717) is 5.46 Å². The lowest BCUT2D eigenvalue weighted by atomic mass is 9.77. The molecule has 38 heavy (non-hydrogen) atoms. The first-order valence-corrected chi connectivity index (χ1v) is 14.5. The van der Waals surface area contributed by atoms with E-state index in [1.807, 2.05) is 54.6 Å². The van der Waals surface area contributed by atoms with Crippen LogP contribution in [0, 0.1) is 6.08 Å². The summed E-state index contributed by atoms with van der Waals surface area (Å²) in [6, 6.07) is 36.5. The third-order valence-corrected chi connectivity index (χ3v) is 7.48. The molecule has 0 spiro atoms. The van der Waals surface area contributed by atoms with Gasteiger partial charge in [0.25, 0.3) is 0 Å². The summed E-state index contributed by atoms with van der Waals surface area (Å²) in [7, 11) is -1.40. The van der Waals surface area contributed by atoms with Crippen LogP contribution in [0.3, 0.4) is 0 Å². The molecule has 6 heteroatoms. The molecule has 0 saturated carbocycles. The number of benzene rings is 5. The third kappa shape index (κ3) is 7.73. The molecule has 0 aliphatic heterocycles. The second-order valence-corrected chi connectivity index (χ2v) is 11.3. The summed E-state index contributed by atoms with van der Waals surface area (Å²) in [5.41, 5.74) is 3.10. The second-order valence-electron chi connectivity index (χ2n) is 8.33. The molecule has 0 unspecified atom stereocenters. The number of fused-ring (bicyclic) bond motifs is 2. The van der Waals surface area contributed by atoms with Crippen molar-refractivity contribution in [3.8, 4) is 11.1 Å². The summed E-state index contributed by atoms with van der Waals surface area (Å²) >= 11 is 9.00. The van der Waals surface area contributed by atoms with E-state index in [2.05, 4.69) is 127 Å². The summed E-state index contributed by atoms with van der Waals surface area (Å²) in [5.74, 6) is 0. The van der Waals surface area contributed by atoms with Crippen LogP contribution in [-0.4, -0.2) is 17.2 Å². The van der Waals surface area contributed by atoms with E-state index in [4.69, 9.17) is 10.0 Å². The highest BCUT2D eigenvalue weighted by Crippen LogP contribution is 2.29. The summed E-state index contributed by atoms with van der Waals surface area (Å²) in [4.78, 5) is 0. The maximum atomic E-state index is 9.08. The average molecular weight is 737 g/mol. The van der Waals surface area contributed by atoms with Crippen LogP contribution in [0.15, 0.2) is 140 Å². The first-order chi connectivity index (χ1) is 18.4. The van der Waals surface area contributed by atoms with Gasteiger partial charge in [0.05, 0.1) is 18.2 Å². The lowest BCUT2D eigenvalue weighted by molar-refractivity contribution is 0.426. The van der Waals surface area contributed by atoms with Gasteiger partial charge in [-0.25, -0.2) is 0 Å². The van der Waals surface area contributed by atoms with Crippen LogP contribution in [0.4, 0.5) is 0 Å². The van der Waals surface area contributed by atoms with Crippen LogP contribution in [0.2, 0.25) is 0 Å². The van der Waals surface area contributed by atoms with Gasteiger partial charge in [-0.2, -0.15) is 0 Å². The molecule has 0 saturated heterocycles. The standard InChI is InChI=1S/C16H11Br.C10H9BO2.C6H3BrI/c17-14-10-8-13(9-11-14)16-7-3-5-12-4-1-2-6-15(12)16;12-11(13)10-7-3-5-8-4-1-2-6-9(8)10;7-5-1-3-6(8)4-2-5/h1-11H;1-7,12-13H;1,3-4H/q;;+1. The van der Waals surface area contributed by atoms with Crippen molar-refractivity contribution >= 4 is 88.6 Å². The molecule has 6 rings (SSSR count). The van der Waals surface area contributed by atoms with Gasteiger partial charge in [-0.15, -0.1) is 0 Å². The molecule has 186 valence electrons. The molecule has 0 atom stereocenters. The summed E-state index contributed by atoms with van der Waals surface area (Å²) < 4.78 is 3.34. The van der Waals surface area contributed by atoms with E-state index >= 15 is 0 Å². The predicted molar refractivity (Wildman–Crippen MR) is 178 cm³/mol. The zero-order chi connectivity index (χ0) is 26.9. The lowest BCUT2D eigenvalue weighted by Crippen LogP contribution is -2.30. The molecule has 2 N–H and O–H groups in total. The van der Waals surface area contributed by atoms with E-state index in [1.165, 1.54) is 25.5 Å². The van der Waals surface area contributed by atoms with E-state index < -0.39 is 7.12 Å². The number of halogens is 3. The Morgan fingerprint density at radius 2 is 1.21 bits per heavy atom. The van der Waals surface area contributed by atoms with E-state index in [0.717, 1.165) is 19.7 Å². The van der Waals surface area contributed by atoms with Gasteiger partial charge >= 0.3 is 7.12 Å². The van der Waals surface area contributed by atoms with Gasteiger partial charge in [0.1, 0.15) is 9.66 Å². The Hall–Kier alpha value is -2.58. The zero-order valence-corrected chi connectivity index (χ0v) is 25.6. The van der Waals surface area contributed by atoms with Gasteiger partial charge in [0.15, 0.2) is 4.48 Å². The fourth-order valence-corrected chi connectivity index (χ4v) is 4.82. The predicted octanol–water partition coefficient (Wildman–Crippen LogP) is 8.75. The third-order valence-electron chi connectivity index (χ3n) is 5.78. The molecule has 0 amide bonds. The minimum absolute atomic E-state index is 0.554. The van der Waals surface area contributed by atoms with Gasteiger partial charge in [-0.3, -0.25) is 0 Å². The van der Waals surface area contributed by atoms with Gasteiger partial charge in [0, 0.05) is 27.1 Å². The Morgan fingerprint density at radius 3 is 1.82 bits per heavy atom. The molecular weight excluding hydrogens is 714 g/mol. The van der Waals surface area contributed by atoms with Gasteiger partial charge in [0.2, 0.25) is 0 Å². The van der Waals surface area contributed by atoms with Gasteiger partial charge in [-0.05, 0) is 66.2 Å². The largest absolute Gasteiger partial charge is 0.489 e. The lowest BCUT2D eigenvalue weighted by Gasteiger charge is -2.06. The molecule has 1 aliphatic rings. The maximum absolute atomic E-state index is 9.08. The van der Waals surface area contributed by atoms with Crippen molar-refractivity contribution in [3.05, 3.63) is 146 Å². The van der Waals surface area contributed by atoms with Crippen molar-refractivity contribution in [1.82, 2.24) is 0 Å². The minimum Gasteiger partial charge on any atom is -0.423 e. The quantitative estimate of drug-likeness (QED) is 0.108. The van der Waals surface area contributed by atoms with Crippen molar-refractivity contribution in [2.75, 3.05) is 0 Å². The maximum Gasteiger partial charge on any atom is 0.489 e. The van der Waals surface area contributed by atoms with Crippen molar-refractivity contribution in [3.63, 3.8) is 0 Å². The smallest absolute Gasteiger partial charge is 0.423 e. The Balaban J connectivity index is 0.000000142. The SMILES string of the molecule is BrC1=[C+]C=C(I)C=C1.Brc1ccc(-c2cccc3ccccc23)cc1.OB(O)c1cccc2ccccc12. The Kier molecular flexibility index (Phi) is 10.5. The van der Waals surface area contributed by atoms with Crippen LogP contribution in [0.5, 0.6) is 0 Å². The summed E-state index contributed by atoms with van der Waals surface area (Å²) in [5, 5.41) is 22.7. The van der Waals surface area contributed by atoms with Crippen molar-refractivity contribution < 1.29 is 10.0 Å². The molecule has 2 nitrogen and oxygen atoms in total. The number of allylic oxidation sites excluding steroid dienone is 6. The van der Waals surface area contributed by atoms with E-state index in [-0.39, 0.29) is 0 Å². The van der Waals surface area contributed by atoms with Gasteiger partial charge in [-0.1, -0.05) is 113 Å². The normalized spacial score (nSPS) is 11.8. The molecule has 0 heterocycles. The molecule has 1 aliphatic carbocycles. The highest BCUT2D eigenvalue weighted by molar-refractivity contribution is 14.1. The Morgan fingerprint density at radius 1 is 0.632 bits per heavy atom. The molecule has 0 aromatic heterocycles. The molecule has 5 aromatic rings. The van der Waals surface area contributed by atoms with Crippen LogP contribution >= 0.6 is 54.5 Å². The summed E-state index contributed by atoms with van der Waals surface area (Å²) in [6.07, 6.45) is 8.95. The van der Waals surface area contributed by atoms with Crippen molar-refractivity contribution in [2.45, 2.75) is 0 Å². The number of rotatable bonds is 2. The molecule has 0 fully saturated rings. The fourth-order valence-electron chi connectivity index (χ4n) is 3.97. The zero-order valence-electron chi connectivity index (χ0n) is 20.2. The molecule has 0 radical (unpaired) electrons. The first-order valence-electron chi connectivity index (χ1n) is 11.8. The summed E-state index contributed by atoms with van der Waals surface area (Å²) in [6.45, 7) is 0. The average Bonchev–Trinajstić information content (AvgIpc) is 2.95. The Bertz CT molecular complexity index is 1600. The Labute approximate surface area is 254 Å². The highest BCUT2D eigenvalue weighted by Gasteiger charge is 2.13. The van der Waals surface area contributed by atoms with Crippen LogP contribution in [-0.2, 0) is 0 Å². The van der Waals surface area contributed by atoms with E-state index in [9.17, 15) is 0 Å². The van der Waals surface area contributed by atoms with Crippen molar-refractivity contribution in [2.24, 2.45) is 0 Å². The number of hydrogen-bond acceptors (Lipinski definition) is 2. The van der Waals surface area contributed by atoms with Gasteiger partial charge < -0.3 is 10.0 Å². The fraction of sp³-hybridized carbons (Fsp3) is 0. The number of hydrogen-bond donors (Lipinski definition) is 2. The minimum atomic E-state index is -1.40. The van der Waals surface area contributed by atoms with Crippen LogP contribution in [0.1, 0.15) is 0 Å². The van der Waals surface area contributed by atoms with Crippen molar-refractivity contribution in [1.29, 1.82) is 0 Å².